The lowest BCUT2D eigenvalue weighted by Crippen LogP contribution is -2.55. The van der Waals surface area contributed by atoms with Gasteiger partial charge in [0, 0.05) is 18.9 Å². The van der Waals surface area contributed by atoms with Crippen molar-refractivity contribution in [2.45, 2.75) is 70.6 Å². The fraction of sp³-hybridized carbons (Fsp3) is 0.583. The summed E-state index contributed by atoms with van der Waals surface area (Å²) >= 11 is 0. The largest absolute Gasteiger partial charge is 0.445 e. The molecule has 1 aromatic rings. The quantitative estimate of drug-likeness (QED) is 0.213. The van der Waals surface area contributed by atoms with Gasteiger partial charge in [0.2, 0.25) is 17.3 Å². The van der Waals surface area contributed by atoms with Gasteiger partial charge in [-0.15, -0.1) is 0 Å². The molecule has 0 aliphatic carbocycles. The molecule has 0 spiro atoms. The van der Waals surface area contributed by atoms with Crippen LogP contribution in [0.5, 0.6) is 0 Å². The normalized spacial score (nSPS) is 17.9. The second-order valence-electron chi connectivity index (χ2n) is 9.24. The maximum absolute atomic E-state index is 13.2. The topological polar surface area (TPSA) is 177 Å². The molecular weight excluding hydrogens is 506 g/mol. The zero-order chi connectivity index (χ0) is 27.6. The molecule has 4 atom stereocenters. The second-order valence-corrected chi connectivity index (χ2v) is 10.7. The Labute approximate surface area is 216 Å². The Bertz CT molecular complexity index is 1050. The molecule has 0 aromatic heterocycles. The van der Waals surface area contributed by atoms with E-state index in [0.29, 0.717) is 13.0 Å². The van der Waals surface area contributed by atoms with Gasteiger partial charge in [0.1, 0.15) is 12.6 Å². The molecule has 1 heterocycles. The highest BCUT2D eigenvalue weighted by Crippen LogP contribution is 2.22. The third-order valence-electron chi connectivity index (χ3n) is 5.72. The molecule has 4 N–H and O–H groups in total. The van der Waals surface area contributed by atoms with Gasteiger partial charge in [-0.05, 0) is 30.7 Å². The summed E-state index contributed by atoms with van der Waals surface area (Å²) in [4.78, 5) is 49.7. The number of carbonyl (C=O) groups excluding carboxylic acids is 4. The summed E-state index contributed by atoms with van der Waals surface area (Å²) in [6.45, 7) is 5.41. The van der Waals surface area contributed by atoms with Crippen molar-refractivity contribution in [2.24, 2.45) is 11.8 Å². The van der Waals surface area contributed by atoms with E-state index >= 15 is 0 Å². The predicted octanol–water partition coefficient (Wildman–Crippen LogP) is 1.51. The summed E-state index contributed by atoms with van der Waals surface area (Å²) in [5.41, 5.74) is -1.40. The number of amides is 3. The molecule has 1 aromatic carbocycles. The average molecular weight is 542 g/mol. The highest BCUT2D eigenvalue weighted by molar-refractivity contribution is 7.86. The fourth-order valence-corrected chi connectivity index (χ4v) is 4.69. The molecule has 37 heavy (non-hydrogen) atoms. The molecule has 206 valence electrons. The molecule has 0 radical (unpaired) electrons. The van der Waals surface area contributed by atoms with Crippen LogP contribution in [0.4, 0.5) is 4.79 Å². The van der Waals surface area contributed by atoms with E-state index in [0.717, 1.165) is 5.56 Å². The molecular formula is C24H35N3O9S. The number of ether oxygens (including phenoxy) is 2. The van der Waals surface area contributed by atoms with Crippen LogP contribution in [0.3, 0.4) is 0 Å². The van der Waals surface area contributed by atoms with Crippen LogP contribution in [0.1, 0.15) is 52.0 Å². The van der Waals surface area contributed by atoms with Crippen molar-refractivity contribution in [3.8, 4) is 0 Å². The smallest absolute Gasteiger partial charge is 0.408 e. The number of nitrogens with one attached hydrogen (secondary N) is 3. The van der Waals surface area contributed by atoms with Crippen LogP contribution in [-0.4, -0.2) is 60.9 Å². The Morgan fingerprint density at radius 3 is 2.38 bits per heavy atom. The maximum atomic E-state index is 13.2. The van der Waals surface area contributed by atoms with Crippen LogP contribution in [-0.2, 0) is 40.6 Å². The Morgan fingerprint density at radius 1 is 1.16 bits per heavy atom. The maximum Gasteiger partial charge on any atom is 0.408 e. The van der Waals surface area contributed by atoms with Gasteiger partial charge >= 0.3 is 22.2 Å². The van der Waals surface area contributed by atoms with Gasteiger partial charge in [0.05, 0.1) is 6.04 Å². The van der Waals surface area contributed by atoms with Gasteiger partial charge < -0.3 is 25.4 Å². The minimum atomic E-state index is -4.99. The van der Waals surface area contributed by atoms with Crippen molar-refractivity contribution in [2.75, 3.05) is 6.54 Å². The third-order valence-corrected chi connectivity index (χ3v) is 6.73. The zero-order valence-corrected chi connectivity index (χ0v) is 22.0. The number of esters is 1. The van der Waals surface area contributed by atoms with Gasteiger partial charge in [-0.2, -0.15) is 8.42 Å². The molecule has 1 fully saturated rings. The van der Waals surface area contributed by atoms with Crippen LogP contribution in [0, 0.1) is 11.8 Å². The Kier molecular flexibility index (Phi) is 11.3. The highest BCUT2D eigenvalue weighted by atomic mass is 32.2. The number of carbonyl (C=O) groups is 4. The summed E-state index contributed by atoms with van der Waals surface area (Å²) in [6, 6.07) is 6.33. The lowest BCUT2D eigenvalue weighted by atomic mass is 9.97. The number of rotatable bonds is 13. The van der Waals surface area contributed by atoms with E-state index in [2.05, 4.69) is 16.0 Å². The number of alkyl carbamates (subject to hydrolysis) is 1. The first-order valence-electron chi connectivity index (χ1n) is 12.1. The number of benzene rings is 1. The SMILES string of the molecule is CCC(=O)OC(C(C[C@@H]1CCNC1=O)NC(=O)C(CC(C)C)NC(=O)OCc1ccccc1)S(=O)(=O)O. The Balaban J connectivity index is 2.21. The second kappa shape index (κ2) is 13.9. The average Bonchev–Trinajstić information content (AvgIpc) is 3.24. The first kappa shape index (κ1) is 30.0. The van der Waals surface area contributed by atoms with E-state index in [1.165, 1.54) is 6.92 Å². The molecule has 0 saturated carbocycles. The van der Waals surface area contributed by atoms with Crippen molar-refractivity contribution >= 4 is 34.0 Å². The Hall–Kier alpha value is -3.19. The van der Waals surface area contributed by atoms with Crippen molar-refractivity contribution in [3.63, 3.8) is 0 Å². The Morgan fingerprint density at radius 2 is 1.84 bits per heavy atom. The molecule has 12 nitrogen and oxygen atoms in total. The minimum Gasteiger partial charge on any atom is -0.445 e. The monoisotopic (exact) mass is 541 g/mol. The van der Waals surface area contributed by atoms with Crippen LogP contribution in [0.25, 0.3) is 0 Å². The molecule has 1 saturated heterocycles. The highest BCUT2D eigenvalue weighted by Gasteiger charge is 2.41. The molecule has 1 aliphatic heterocycles. The first-order valence-corrected chi connectivity index (χ1v) is 13.6. The molecule has 3 amide bonds. The van der Waals surface area contributed by atoms with Crippen LogP contribution >= 0.6 is 0 Å². The lowest BCUT2D eigenvalue weighted by molar-refractivity contribution is -0.147. The predicted molar refractivity (Wildman–Crippen MR) is 132 cm³/mol. The van der Waals surface area contributed by atoms with E-state index < -0.39 is 51.5 Å². The molecule has 13 heteroatoms. The van der Waals surface area contributed by atoms with E-state index in [9.17, 15) is 32.1 Å². The standard InChI is InChI=1S/C24H35N3O9S/c1-4-20(28)36-23(37(32,33)34)19(13-17-10-11-25-21(17)29)26-22(30)18(12-15(2)3)27-24(31)35-14-16-8-6-5-7-9-16/h5-9,15,17-19,23H,4,10-14H2,1-3H3,(H,25,29)(H,26,30)(H,27,31)(H,32,33,34)/t17-,18?,19?,23?/m0/s1. The first-order chi connectivity index (χ1) is 17.4. The summed E-state index contributed by atoms with van der Waals surface area (Å²) in [7, 11) is -4.99. The molecule has 2 rings (SSSR count). The zero-order valence-electron chi connectivity index (χ0n) is 21.1. The summed E-state index contributed by atoms with van der Waals surface area (Å²) in [5, 5.41) is 7.58. The lowest BCUT2D eigenvalue weighted by Gasteiger charge is -2.29. The van der Waals surface area contributed by atoms with Gasteiger partial charge in [0.25, 0.3) is 0 Å². The van der Waals surface area contributed by atoms with Crippen LogP contribution in [0.2, 0.25) is 0 Å². The van der Waals surface area contributed by atoms with Crippen molar-refractivity contribution < 1.29 is 41.6 Å². The molecule has 0 bridgehead atoms. The van der Waals surface area contributed by atoms with Crippen LogP contribution in [0.15, 0.2) is 30.3 Å². The third kappa shape index (κ3) is 10.00. The van der Waals surface area contributed by atoms with Crippen LogP contribution < -0.4 is 16.0 Å². The summed E-state index contributed by atoms with van der Waals surface area (Å²) in [6.07, 6.45) is -0.716. The van der Waals surface area contributed by atoms with Crippen molar-refractivity contribution in [1.29, 1.82) is 0 Å². The van der Waals surface area contributed by atoms with Gasteiger partial charge in [0.15, 0.2) is 0 Å². The van der Waals surface area contributed by atoms with E-state index in [1.807, 2.05) is 19.9 Å². The molecule has 3 unspecified atom stereocenters. The number of hydrogen-bond acceptors (Lipinski definition) is 8. The van der Waals surface area contributed by atoms with E-state index in [-0.39, 0.29) is 37.7 Å². The number of hydrogen-bond donors (Lipinski definition) is 4. The summed E-state index contributed by atoms with van der Waals surface area (Å²) in [5.74, 6) is -2.78. The van der Waals surface area contributed by atoms with E-state index in [1.54, 1.807) is 24.3 Å². The molecule has 1 aliphatic rings. The minimum absolute atomic E-state index is 0.0279. The van der Waals surface area contributed by atoms with Gasteiger partial charge in [-0.25, -0.2) is 4.79 Å². The van der Waals surface area contributed by atoms with Crippen molar-refractivity contribution in [3.05, 3.63) is 35.9 Å². The van der Waals surface area contributed by atoms with Gasteiger partial charge in [-0.3, -0.25) is 18.9 Å². The van der Waals surface area contributed by atoms with Gasteiger partial charge in [-0.1, -0.05) is 51.1 Å². The summed E-state index contributed by atoms with van der Waals surface area (Å²) < 4.78 is 44.3. The fourth-order valence-electron chi connectivity index (χ4n) is 3.87. The van der Waals surface area contributed by atoms with E-state index in [4.69, 9.17) is 9.47 Å². The van der Waals surface area contributed by atoms with Crippen molar-refractivity contribution in [1.82, 2.24) is 16.0 Å².